The first-order valence-corrected chi connectivity index (χ1v) is 3.85. The van der Waals surface area contributed by atoms with Crippen LogP contribution in [-0.4, -0.2) is 48.6 Å². The number of hydrogen-bond acceptors (Lipinski definition) is 4. The van der Waals surface area contributed by atoms with Gasteiger partial charge in [-0.3, -0.25) is 0 Å². The zero-order valence-electron chi connectivity index (χ0n) is 7.08. The van der Waals surface area contributed by atoms with E-state index in [1.54, 1.807) is 0 Å². The highest BCUT2D eigenvalue weighted by Gasteiger charge is 2.34. The Labute approximate surface area is 77.6 Å². The quantitative estimate of drug-likeness (QED) is 0.583. The minimum Gasteiger partial charge on any atom is -0.530 e. The number of amides is 1. The van der Waals surface area contributed by atoms with Crippen molar-refractivity contribution >= 4 is 6.09 Å². The maximum atomic E-state index is 11.7. The Hall–Kier alpha value is -1.02. The Morgan fingerprint density at radius 3 is 2.07 bits per heavy atom. The molecule has 0 atom stereocenters. The molecular weight excluding hydrogens is 205 g/mol. The van der Waals surface area contributed by atoms with Gasteiger partial charge in [0.05, 0.1) is 0 Å². The molecule has 0 saturated carbocycles. The number of halogens is 3. The fourth-order valence-electron chi connectivity index (χ4n) is 1.11. The van der Waals surface area contributed by atoms with E-state index in [0.717, 1.165) is 4.90 Å². The molecule has 14 heavy (non-hydrogen) atoms. The molecule has 1 aliphatic heterocycles. The maximum Gasteiger partial charge on any atom is 0.539 e. The van der Waals surface area contributed by atoms with Gasteiger partial charge in [-0.05, 0) is 0 Å². The predicted octanol–water partition coefficient (Wildman–Crippen LogP) is -0.601. The normalized spacial score (nSPS) is 19.8. The molecule has 0 aromatic rings. The SMILES string of the molecule is O=C([O-])N1CCN(OC(F)(F)F)CC1. The summed E-state index contributed by atoms with van der Waals surface area (Å²) < 4.78 is 35.1. The zero-order chi connectivity index (χ0) is 10.8. The van der Waals surface area contributed by atoms with Crippen LogP contribution in [0.4, 0.5) is 18.0 Å². The fourth-order valence-corrected chi connectivity index (χ4v) is 1.11. The molecule has 1 rings (SSSR count). The number of rotatable bonds is 1. The van der Waals surface area contributed by atoms with Gasteiger partial charge in [0.2, 0.25) is 0 Å². The van der Waals surface area contributed by atoms with Gasteiger partial charge in [0.25, 0.3) is 0 Å². The van der Waals surface area contributed by atoms with Gasteiger partial charge >= 0.3 is 6.36 Å². The van der Waals surface area contributed by atoms with E-state index in [9.17, 15) is 23.1 Å². The largest absolute Gasteiger partial charge is 0.539 e. The van der Waals surface area contributed by atoms with E-state index in [-0.39, 0.29) is 26.2 Å². The summed E-state index contributed by atoms with van der Waals surface area (Å²) in [5.74, 6) is 0. The van der Waals surface area contributed by atoms with Crippen LogP contribution in [0.15, 0.2) is 0 Å². The van der Waals surface area contributed by atoms with Crippen LogP contribution in [0.2, 0.25) is 0 Å². The average molecular weight is 213 g/mol. The van der Waals surface area contributed by atoms with Crippen molar-refractivity contribution in [2.45, 2.75) is 6.36 Å². The molecule has 0 aromatic heterocycles. The molecule has 0 spiro atoms. The van der Waals surface area contributed by atoms with Crippen LogP contribution in [0.25, 0.3) is 0 Å². The number of carbonyl (C=O) groups is 1. The molecular formula is C6H8F3N2O3-. The summed E-state index contributed by atoms with van der Waals surface area (Å²) in [4.78, 5) is 14.8. The van der Waals surface area contributed by atoms with Crippen molar-refractivity contribution in [1.29, 1.82) is 0 Å². The van der Waals surface area contributed by atoms with Gasteiger partial charge in [0.15, 0.2) is 0 Å². The summed E-state index contributed by atoms with van der Waals surface area (Å²) in [6.07, 6.45) is -6.10. The second kappa shape index (κ2) is 4.01. The third-order valence-electron chi connectivity index (χ3n) is 1.73. The average Bonchev–Trinajstić information content (AvgIpc) is 2.02. The number of piperazine rings is 1. The highest BCUT2D eigenvalue weighted by atomic mass is 19.4. The van der Waals surface area contributed by atoms with Gasteiger partial charge in [-0.15, -0.1) is 13.2 Å². The summed E-state index contributed by atoms with van der Waals surface area (Å²) in [7, 11) is 0. The monoisotopic (exact) mass is 213 g/mol. The Morgan fingerprint density at radius 2 is 1.71 bits per heavy atom. The number of carboxylic acid groups (broad SMARTS) is 1. The van der Waals surface area contributed by atoms with Crippen molar-refractivity contribution in [2.75, 3.05) is 26.2 Å². The van der Waals surface area contributed by atoms with E-state index in [4.69, 9.17) is 0 Å². The van der Waals surface area contributed by atoms with Gasteiger partial charge < -0.3 is 14.8 Å². The van der Waals surface area contributed by atoms with Crippen molar-refractivity contribution < 1.29 is 27.9 Å². The van der Waals surface area contributed by atoms with E-state index in [1.165, 1.54) is 0 Å². The number of hydroxylamine groups is 2. The van der Waals surface area contributed by atoms with E-state index in [2.05, 4.69) is 4.84 Å². The van der Waals surface area contributed by atoms with E-state index in [1.807, 2.05) is 0 Å². The first-order chi connectivity index (χ1) is 6.38. The molecule has 0 aliphatic carbocycles. The molecule has 0 bridgehead atoms. The Bertz CT molecular complexity index is 213. The van der Waals surface area contributed by atoms with Gasteiger partial charge in [-0.25, -0.2) is 4.84 Å². The Morgan fingerprint density at radius 1 is 1.21 bits per heavy atom. The molecule has 5 nitrogen and oxygen atoms in total. The topological polar surface area (TPSA) is 55.8 Å². The molecule has 1 aliphatic rings. The van der Waals surface area contributed by atoms with E-state index >= 15 is 0 Å². The minimum atomic E-state index is -4.72. The number of alkyl halides is 3. The first kappa shape index (κ1) is 11.1. The third-order valence-corrected chi connectivity index (χ3v) is 1.73. The molecule has 1 fully saturated rings. The van der Waals surface area contributed by atoms with E-state index < -0.39 is 12.5 Å². The zero-order valence-corrected chi connectivity index (χ0v) is 7.08. The first-order valence-electron chi connectivity index (χ1n) is 3.85. The Kier molecular flexibility index (Phi) is 3.17. The summed E-state index contributed by atoms with van der Waals surface area (Å²) in [6.45, 7) is -0.322. The second-order valence-electron chi connectivity index (χ2n) is 2.72. The van der Waals surface area contributed by atoms with Crippen LogP contribution < -0.4 is 5.11 Å². The van der Waals surface area contributed by atoms with Crippen molar-refractivity contribution in [1.82, 2.24) is 9.96 Å². The van der Waals surface area contributed by atoms with Gasteiger partial charge in [0.1, 0.15) is 6.09 Å². The smallest absolute Gasteiger partial charge is 0.530 e. The number of nitrogens with zero attached hydrogens (tertiary/aromatic N) is 2. The fraction of sp³-hybridized carbons (Fsp3) is 0.833. The van der Waals surface area contributed by atoms with Crippen molar-refractivity contribution in [2.24, 2.45) is 0 Å². The standard InChI is InChI=1S/C6H9F3N2O3/c7-6(8,9)14-11-3-1-10(2-4-11)5(12)13/h1-4H2,(H,12,13)/p-1. The van der Waals surface area contributed by atoms with Crippen molar-refractivity contribution in [3.63, 3.8) is 0 Å². The van der Waals surface area contributed by atoms with Crippen LogP contribution in [0.3, 0.4) is 0 Å². The minimum absolute atomic E-state index is 0.0432. The molecule has 1 heterocycles. The molecule has 0 aromatic carbocycles. The summed E-state index contributed by atoms with van der Waals surface area (Å²) in [6, 6.07) is 0. The molecule has 8 heteroatoms. The lowest BCUT2D eigenvalue weighted by Gasteiger charge is -2.35. The third kappa shape index (κ3) is 3.38. The van der Waals surface area contributed by atoms with Crippen molar-refractivity contribution in [3.05, 3.63) is 0 Å². The summed E-state index contributed by atoms with van der Waals surface area (Å²) >= 11 is 0. The molecule has 0 radical (unpaired) electrons. The van der Waals surface area contributed by atoms with Gasteiger partial charge in [-0.2, -0.15) is 5.06 Å². The van der Waals surface area contributed by atoms with Crippen LogP contribution in [0.5, 0.6) is 0 Å². The Balaban J connectivity index is 2.33. The lowest BCUT2D eigenvalue weighted by molar-refractivity contribution is -0.417. The molecule has 0 N–H and O–H groups in total. The molecule has 1 amide bonds. The van der Waals surface area contributed by atoms with Crippen LogP contribution in [0, 0.1) is 0 Å². The van der Waals surface area contributed by atoms with E-state index in [0.29, 0.717) is 5.06 Å². The summed E-state index contributed by atoms with van der Waals surface area (Å²) in [5.41, 5.74) is 0. The van der Waals surface area contributed by atoms with Crippen LogP contribution in [-0.2, 0) is 4.84 Å². The van der Waals surface area contributed by atoms with Crippen LogP contribution in [0.1, 0.15) is 0 Å². The predicted molar refractivity (Wildman–Crippen MR) is 35.7 cm³/mol. The second-order valence-corrected chi connectivity index (χ2v) is 2.72. The number of hydrogen-bond donors (Lipinski definition) is 0. The summed E-state index contributed by atoms with van der Waals surface area (Å²) in [5, 5.41) is 11.0. The molecule has 1 saturated heterocycles. The lowest BCUT2D eigenvalue weighted by atomic mass is 10.4. The van der Waals surface area contributed by atoms with Gasteiger partial charge in [-0.1, -0.05) is 0 Å². The van der Waals surface area contributed by atoms with Crippen molar-refractivity contribution in [3.8, 4) is 0 Å². The number of carbonyl (C=O) groups excluding carboxylic acids is 1. The highest BCUT2D eigenvalue weighted by molar-refractivity contribution is 5.62. The van der Waals surface area contributed by atoms with Crippen LogP contribution >= 0.6 is 0 Å². The highest BCUT2D eigenvalue weighted by Crippen LogP contribution is 2.19. The van der Waals surface area contributed by atoms with Gasteiger partial charge in [0, 0.05) is 26.2 Å². The molecule has 0 unspecified atom stereocenters. The molecule has 82 valence electrons. The lowest BCUT2D eigenvalue weighted by Crippen LogP contribution is -2.53. The maximum absolute atomic E-state index is 11.7.